The van der Waals surface area contributed by atoms with Crippen molar-refractivity contribution >= 4 is 17.8 Å². The molecular formula is C27H29N5O4. The second-order valence-corrected chi connectivity index (χ2v) is 8.62. The van der Waals surface area contributed by atoms with Crippen molar-refractivity contribution in [3.8, 4) is 5.75 Å². The molecular weight excluding hydrogens is 458 g/mol. The zero-order valence-corrected chi connectivity index (χ0v) is 20.2. The highest BCUT2D eigenvalue weighted by atomic mass is 16.6. The Morgan fingerprint density at radius 2 is 1.58 bits per heavy atom. The topological polar surface area (TPSA) is 100 Å². The third kappa shape index (κ3) is 6.74. The Morgan fingerprint density at radius 1 is 0.972 bits per heavy atom. The van der Waals surface area contributed by atoms with Crippen LogP contribution in [0.1, 0.15) is 27.0 Å². The number of methoxy groups -OCH3 is 1. The van der Waals surface area contributed by atoms with Crippen molar-refractivity contribution in [3.63, 3.8) is 0 Å². The number of piperazine rings is 1. The molecule has 9 nitrogen and oxygen atoms in total. The maximum atomic E-state index is 12.4. The Morgan fingerprint density at radius 3 is 2.17 bits per heavy atom. The second kappa shape index (κ2) is 12.1. The number of amides is 1. The first-order valence-electron chi connectivity index (χ1n) is 11.8. The number of nitrogens with one attached hydrogen (secondary N) is 1. The van der Waals surface area contributed by atoms with Crippen LogP contribution in [0.4, 0.5) is 5.69 Å². The van der Waals surface area contributed by atoms with Gasteiger partial charge in [0.2, 0.25) is 0 Å². The fourth-order valence-electron chi connectivity index (χ4n) is 4.13. The fraction of sp³-hybridized carbons (Fsp3) is 0.259. The Balaban J connectivity index is 1.25. The lowest BCUT2D eigenvalue weighted by Gasteiger charge is -2.34. The molecule has 1 N–H and O–H groups in total. The van der Waals surface area contributed by atoms with E-state index in [1.165, 1.54) is 31.0 Å². The zero-order chi connectivity index (χ0) is 25.3. The lowest BCUT2D eigenvalue weighted by Crippen LogP contribution is -2.45. The van der Waals surface area contributed by atoms with E-state index in [4.69, 9.17) is 4.74 Å². The highest BCUT2D eigenvalue weighted by Gasteiger charge is 2.17. The van der Waals surface area contributed by atoms with Gasteiger partial charge in [-0.05, 0) is 35.4 Å². The first-order chi connectivity index (χ1) is 17.5. The Bertz CT molecular complexity index is 1210. The molecule has 0 saturated carbocycles. The number of nitro groups is 1. The summed E-state index contributed by atoms with van der Waals surface area (Å²) in [5, 5.41) is 15.1. The standard InChI is InChI=1S/C27H29N5O4/c1-36-26-12-9-23(17-25(26)32(34)35)18-28-29-27(33)24-10-7-22(8-11-24)20-31-15-13-30(14-16-31)19-21-5-3-2-4-6-21/h2-12,17-18H,13-16,19-20H2,1H3,(H,29,33)/b28-18-. The molecule has 0 spiro atoms. The van der Waals surface area contributed by atoms with Crippen molar-refractivity contribution in [2.75, 3.05) is 33.3 Å². The molecule has 0 bridgehead atoms. The molecule has 0 radical (unpaired) electrons. The van der Waals surface area contributed by atoms with Gasteiger partial charge in [-0.3, -0.25) is 24.7 Å². The van der Waals surface area contributed by atoms with Crippen LogP contribution in [0.5, 0.6) is 5.75 Å². The van der Waals surface area contributed by atoms with Crippen LogP contribution in [0.2, 0.25) is 0 Å². The van der Waals surface area contributed by atoms with E-state index >= 15 is 0 Å². The molecule has 1 aliphatic rings. The Kier molecular flexibility index (Phi) is 8.38. The number of carbonyl (C=O) groups is 1. The van der Waals surface area contributed by atoms with Crippen LogP contribution >= 0.6 is 0 Å². The summed E-state index contributed by atoms with van der Waals surface area (Å²) in [5.74, 6) is -0.189. The van der Waals surface area contributed by atoms with E-state index in [0.717, 1.165) is 44.8 Å². The minimum atomic E-state index is -0.527. The average molecular weight is 488 g/mol. The van der Waals surface area contributed by atoms with Crippen molar-refractivity contribution in [3.05, 3.63) is 105 Å². The molecule has 0 aliphatic carbocycles. The zero-order valence-electron chi connectivity index (χ0n) is 20.2. The summed E-state index contributed by atoms with van der Waals surface area (Å²) < 4.78 is 4.99. The van der Waals surface area contributed by atoms with Gasteiger partial charge in [0.05, 0.1) is 18.2 Å². The molecule has 9 heteroatoms. The van der Waals surface area contributed by atoms with Crippen LogP contribution in [0, 0.1) is 10.1 Å². The SMILES string of the molecule is COc1ccc(/C=N\NC(=O)c2ccc(CN3CCN(Cc4ccccc4)CC3)cc2)cc1[N+](=O)[O-]. The molecule has 3 aromatic rings. The number of rotatable bonds is 9. The molecule has 0 aromatic heterocycles. The number of hydrogen-bond donors (Lipinski definition) is 1. The van der Waals surface area contributed by atoms with Crippen molar-refractivity contribution in [2.24, 2.45) is 5.10 Å². The van der Waals surface area contributed by atoms with Gasteiger partial charge in [0.1, 0.15) is 0 Å². The van der Waals surface area contributed by atoms with Gasteiger partial charge < -0.3 is 4.74 Å². The van der Waals surface area contributed by atoms with Gasteiger partial charge in [-0.15, -0.1) is 0 Å². The molecule has 3 aromatic carbocycles. The largest absolute Gasteiger partial charge is 0.490 e. The number of ether oxygens (including phenoxy) is 1. The van der Waals surface area contributed by atoms with Gasteiger partial charge in [-0.25, -0.2) is 5.43 Å². The summed E-state index contributed by atoms with van der Waals surface area (Å²) in [7, 11) is 1.37. The molecule has 1 fully saturated rings. The predicted molar refractivity (Wildman–Crippen MR) is 138 cm³/mol. The van der Waals surface area contributed by atoms with Gasteiger partial charge in [0.25, 0.3) is 5.91 Å². The number of benzene rings is 3. The van der Waals surface area contributed by atoms with E-state index in [1.54, 1.807) is 18.2 Å². The van der Waals surface area contributed by atoms with E-state index < -0.39 is 4.92 Å². The molecule has 0 atom stereocenters. The van der Waals surface area contributed by atoms with Crippen LogP contribution in [0.15, 0.2) is 77.9 Å². The van der Waals surface area contributed by atoms with Crippen molar-refractivity contribution < 1.29 is 14.5 Å². The van der Waals surface area contributed by atoms with E-state index in [0.29, 0.717) is 11.1 Å². The molecule has 36 heavy (non-hydrogen) atoms. The monoisotopic (exact) mass is 487 g/mol. The maximum Gasteiger partial charge on any atom is 0.311 e. The van der Waals surface area contributed by atoms with Gasteiger partial charge in [0, 0.05) is 56.5 Å². The minimum Gasteiger partial charge on any atom is -0.490 e. The van der Waals surface area contributed by atoms with Gasteiger partial charge >= 0.3 is 5.69 Å². The summed E-state index contributed by atoms with van der Waals surface area (Å²) in [4.78, 5) is 27.9. The molecule has 1 saturated heterocycles. The van der Waals surface area contributed by atoms with Crippen LogP contribution < -0.4 is 10.2 Å². The van der Waals surface area contributed by atoms with Crippen molar-refractivity contribution in [1.82, 2.24) is 15.2 Å². The summed E-state index contributed by atoms with van der Waals surface area (Å²) in [5.41, 5.74) is 5.75. The molecule has 1 heterocycles. The smallest absolute Gasteiger partial charge is 0.311 e. The van der Waals surface area contributed by atoms with Crippen LogP contribution in [-0.4, -0.2) is 60.1 Å². The molecule has 186 valence electrons. The molecule has 4 rings (SSSR count). The van der Waals surface area contributed by atoms with E-state index in [-0.39, 0.29) is 17.3 Å². The number of hydrogen-bond acceptors (Lipinski definition) is 7. The fourth-order valence-corrected chi connectivity index (χ4v) is 4.13. The quantitative estimate of drug-likeness (QED) is 0.281. The third-order valence-electron chi connectivity index (χ3n) is 6.12. The molecule has 1 aliphatic heterocycles. The van der Waals surface area contributed by atoms with Gasteiger partial charge in [-0.2, -0.15) is 5.10 Å². The van der Waals surface area contributed by atoms with Crippen molar-refractivity contribution in [2.45, 2.75) is 13.1 Å². The first kappa shape index (κ1) is 25.0. The first-order valence-corrected chi connectivity index (χ1v) is 11.8. The van der Waals surface area contributed by atoms with Crippen LogP contribution in [0.3, 0.4) is 0 Å². The van der Waals surface area contributed by atoms with Gasteiger partial charge in [-0.1, -0.05) is 42.5 Å². The number of carbonyl (C=O) groups excluding carboxylic acids is 1. The van der Waals surface area contributed by atoms with Crippen molar-refractivity contribution in [1.29, 1.82) is 0 Å². The van der Waals surface area contributed by atoms with E-state index in [2.05, 4.69) is 44.6 Å². The number of nitro benzene ring substituents is 1. The number of nitrogens with zero attached hydrogens (tertiary/aromatic N) is 4. The van der Waals surface area contributed by atoms with Crippen LogP contribution in [-0.2, 0) is 13.1 Å². The highest BCUT2D eigenvalue weighted by Crippen LogP contribution is 2.26. The maximum absolute atomic E-state index is 12.4. The van der Waals surface area contributed by atoms with E-state index in [1.807, 2.05) is 18.2 Å². The lowest BCUT2D eigenvalue weighted by atomic mass is 10.1. The predicted octanol–water partition coefficient (Wildman–Crippen LogP) is 3.69. The summed E-state index contributed by atoms with van der Waals surface area (Å²) in [6.07, 6.45) is 1.36. The lowest BCUT2D eigenvalue weighted by molar-refractivity contribution is -0.385. The minimum absolute atomic E-state index is 0.162. The average Bonchev–Trinajstić information content (AvgIpc) is 2.90. The highest BCUT2D eigenvalue weighted by molar-refractivity contribution is 5.95. The normalized spacial score (nSPS) is 14.6. The van der Waals surface area contributed by atoms with Crippen LogP contribution in [0.25, 0.3) is 0 Å². The molecule has 1 amide bonds. The summed E-state index contributed by atoms with van der Waals surface area (Å²) in [6.45, 7) is 5.90. The summed E-state index contributed by atoms with van der Waals surface area (Å²) >= 11 is 0. The molecule has 0 unspecified atom stereocenters. The number of hydrazone groups is 1. The van der Waals surface area contributed by atoms with E-state index in [9.17, 15) is 14.9 Å². The second-order valence-electron chi connectivity index (χ2n) is 8.62. The Hall–Kier alpha value is -4.08. The van der Waals surface area contributed by atoms with Gasteiger partial charge in [0.15, 0.2) is 5.75 Å². The Labute approximate surface area is 210 Å². The summed E-state index contributed by atoms with van der Waals surface area (Å²) in [6, 6.07) is 22.5. The third-order valence-corrected chi connectivity index (χ3v) is 6.12.